The minimum absolute atomic E-state index is 0.313. The predicted molar refractivity (Wildman–Crippen MR) is 69.2 cm³/mol. The predicted octanol–water partition coefficient (Wildman–Crippen LogP) is 2.95. The van der Waals surface area contributed by atoms with Crippen LogP contribution in [0.5, 0.6) is 11.5 Å². The summed E-state index contributed by atoms with van der Waals surface area (Å²) in [5.74, 6) is 2.41. The Hall–Kier alpha value is -1.22. The number of fused-ring (bicyclic) bond motifs is 3. The van der Waals surface area contributed by atoms with Crippen LogP contribution >= 0.6 is 0 Å². The fourth-order valence-corrected chi connectivity index (χ4v) is 2.86. The van der Waals surface area contributed by atoms with E-state index >= 15 is 0 Å². The van der Waals surface area contributed by atoms with E-state index < -0.39 is 0 Å². The molecule has 0 radical (unpaired) electrons. The molecule has 1 aromatic carbocycles. The van der Waals surface area contributed by atoms with Crippen molar-refractivity contribution in [2.45, 2.75) is 39.2 Å². The highest BCUT2D eigenvalue weighted by atomic mass is 16.7. The summed E-state index contributed by atoms with van der Waals surface area (Å²) in [4.78, 5) is 0. The van der Waals surface area contributed by atoms with Crippen molar-refractivity contribution in [3.8, 4) is 11.5 Å². The van der Waals surface area contributed by atoms with Gasteiger partial charge in [-0.25, -0.2) is 0 Å². The number of ether oxygens (including phenoxy) is 3. The quantitative estimate of drug-likeness (QED) is 0.823. The Morgan fingerprint density at radius 3 is 3.00 bits per heavy atom. The average Bonchev–Trinajstić information content (AvgIpc) is 2.84. The minimum Gasteiger partial charge on any atom is -0.454 e. The van der Waals surface area contributed by atoms with E-state index in [9.17, 15) is 0 Å². The average molecular weight is 248 g/mol. The van der Waals surface area contributed by atoms with Crippen LogP contribution in [-0.2, 0) is 17.6 Å². The number of benzene rings is 1. The largest absolute Gasteiger partial charge is 0.454 e. The summed E-state index contributed by atoms with van der Waals surface area (Å²) in [6, 6.07) is 4.20. The van der Waals surface area contributed by atoms with Crippen LogP contribution in [0.3, 0.4) is 0 Å². The van der Waals surface area contributed by atoms with Gasteiger partial charge in [-0.15, -0.1) is 0 Å². The molecule has 2 atom stereocenters. The topological polar surface area (TPSA) is 27.7 Å². The summed E-state index contributed by atoms with van der Waals surface area (Å²) in [6.07, 6.45) is 3.40. The zero-order valence-corrected chi connectivity index (χ0v) is 11.1. The third-order valence-electron chi connectivity index (χ3n) is 3.86. The Kier molecular flexibility index (Phi) is 3.16. The van der Waals surface area contributed by atoms with Crippen LogP contribution in [0.4, 0.5) is 0 Å². The maximum absolute atomic E-state index is 5.96. The van der Waals surface area contributed by atoms with Gasteiger partial charge < -0.3 is 14.2 Å². The summed E-state index contributed by atoms with van der Waals surface area (Å²) in [6.45, 7) is 5.61. The lowest BCUT2D eigenvalue weighted by molar-refractivity contribution is 0.0129. The molecule has 2 aliphatic rings. The molecule has 0 amide bonds. The van der Waals surface area contributed by atoms with Crippen LogP contribution in [0.1, 0.15) is 31.4 Å². The number of hydrogen-bond acceptors (Lipinski definition) is 3. The molecular weight excluding hydrogens is 228 g/mol. The van der Waals surface area contributed by atoms with Gasteiger partial charge in [0.2, 0.25) is 6.79 Å². The van der Waals surface area contributed by atoms with E-state index in [0.717, 1.165) is 37.4 Å². The number of hydrogen-bond donors (Lipinski definition) is 0. The molecule has 0 unspecified atom stereocenters. The van der Waals surface area contributed by atoms with E-state index in [0.29, 0.717) is 18.8 Å². The molecule has 0 fully saturated rings. The summed E-state index contributed by atoms with van der Waals surface area (Å²) < 4.78 is 17.0. The first-order chi connectivity index (χ1) is 8.79. The second-order valence-electron chi connectivity index (χ2n) is 5.23. The van der Waals surface area contributed by atoms with Crippen molar-refractivity contribution in [3.05, 3.63) is 23.3 Å². The van der Waals surface area contributed by atoms with Gasteiger partial charge in [-0.3, -0.25) is 0 Å². The highest BCUT2D eigenvalue weighted by Gasteiger charge is 2.31. The van der Waals surface area contributed by atoms with E-state index in [1.54, 1.807) is 0 Å². The third-order valence-corrected chi connectivity index (χ3v) is 3.86. The maximum atomic E-state index is 5.96. The standard InChI is InChI=1S/C15H20O3/c1-3-6-16-14-8-12-11(7-10(14)2)4-5-13-15(12)18-9-17-13/h4-5,10,14H,3,6-9H2,1-2H3/t10-,14-/m1/s1. The molecular formula is C15H20O3. The van der Waals surface area contributed by atoms with Crippen LogP contribution in [-0.4, -0.2) is 19.5 Å². The molecule has 3 rings (SSSR count). The smallest absolute Gasteiger partial charge is 0.231 e. The Morgan fingerprint density at radius 1 is 1.28 bits per heavy atom. The summed E-state index contributed by atoms with van der Waals surface area (Å²) in [5, 5.41) is 0. The van der Waals surface area contributed by atoms with Gasteiger partial charge >= 0.3 is 0 Å². The van der Waals surface area contributed by atoms with E-state index in [4.69, 9.17) is 14.2 Å². The first-order valence-corrected chi connectivity index (χ1v) is 6.81. The van der Waals surface area contributed by atoms with Crippen molar-refractivity contribution >= 4 is 0 Å². The van der Waals surface area contributed by atoms with Crippen molar-refractivity contribution in [3.63, 3.8) is 0 Å². The van der Waals surface area contributed by atoms with E-state index in [1.165, 1.54) is 11.1 Å². The van der Waals surface area contributed by atoms with Gasteiger partial charge in [0.25, 0.3) is 0 Å². The summed E-state index contributed by atoms with van der Waals surface area (Å²) in [5.41, 5.74) is 2.69. The fraction of sp³-hybridized carbons (Fsp3) is 0.600. The fourth-order valence-electron chi connectivity index (χ4n) is 2.86. The first kappa shape index (κ1) is 11.8. The maximum Gasteiger partial charge on any atom is 0.231 e. The van der Waals surface area contributed by atoms with Crippen molar-refractivity contribution in [1.82, 2.24) is 0 Å². The lowest BCUT2D eigenvalue weighted by atomic mass is 9.82. The van der Waals surface area contributed by atoms with Crippen LogP contribution in [0.15, 0.2) is 12.1 Å². The van der Waals surface area contributed by atoms with E-state index in [-0.39, 0.29) is 0 Å². The Morgan fingerprint density at radius 2 is 2.17 bits per heavy atom. The van der Waals surface area contributed by atoms with Crippen molar-refractivity contribution in [2.24, 2.45) is 5.92 Å². The molecule has 1 aliphatic heterocycles. The normalized spacial score (nSPS) is 25.0. The zero-order valence-electron chi connectivity index (χ0n) is 11.1. The molecule has 1 aliphatic carbocycles. The minimum atomic E-state index is 0.313. The molecule has 0 spiro atoms. The van der Waals surface area contributed by atoms with Gasteiger partial charge in [-0.1, -0.05) is 19.9 Å². The van der Waals surface area contributed by atoms with Gasteiger partial charge in [-0.2, -0.15) is 0 Å². The van der Waals surface area contributed by atoms with Crippen molar-refractivity contribution < 1.29 is 14.2 Å². The SMILES string of the molecule is CCCO[C@@H]1Cc2c(ccc3c2OCO3)C[C@H]1C. The van der Waals surface area contributed by atoms with Gasteiger partial charge in [-0.05, 0) is 30.4 Å². The third kappa shape index (κ3) is 1.97. The van der Waals surface area contributed by atoms with Crippen LogP contribution < -0.4 is 9.47 Å². The molecule has 0 N–H and O–H groups in total. The highest BCUT2D eigenvalue weighted by Crippen LogP contribution is 2.42. The van der Waals surface area contributed by atoms with Gasteiger partial charge in [0, 0.05) is 18.6 Å². The monoisotopic (exact) mass is 248 g/mol. The molecule has 0 saturated heterocycles. The Balaban J connectivity index is 1.87. The lowest BCUT2D eigenvalue weighted by Gasteiger charge is -2.31. The molecule has 3 nitrogen and oxygen atoms in total. The van der Waals surface area contributed by atoms with Gasteiger partial charge in [0.15, 0.2) is 11.5 Å². The summed E-state index contributed by atoms with van der Waals surface area (Å²) >= 11 is 0. The molecule has 3 heteroatoms. The summed E-state index contributed by atoms with van der Waals surface area (Å²) in [7, 11) is 0. The van der Waals surface area contributed by atoms with E-state index in [1.807, 2.05) is 6.07 Å². The zero-order chi connectivity index (χ0) is 12.5. The highest BCUT2D eigenvalue weighted by molar-refractivity contribution is 5.53. The number of rotatable bonds is 3. The second kappa shape index (κ2) is 4.81. The van der Waals surface area contributed by atoms with Gasteiger partial charge in [0.1, 0.15) is 0 Å². The van der Waals surface area contributed by atoms with Crippen LogP contribution in [0.25, 0.3) is 0 Å². The van der Waals surface area contributed by atoms with Crippen molar-refractivity contribution in [2.75, 3.05) is 13.4 Å². The second-order valence-corrected chi connectivity index (χ2v) is 5.23. The lowest BCUT2D eigenvalue weighted by Crippen LogP contribution is -2.31. The molecule has 1 heterocycles. The molecule has 18 heavy (non-hydrogen) atoms. The van der Waals surface area contributed by atoms with Crippen LogP contribution in [0, 0.1) is 5.92 Å². The molecule has 1 aromatic rings. The first-order valence-electron chi connectivity index (χ1n) is 6.81. The van der Waals surface area contributed by atoms with E-state index in [2.05, 4.69) is 19.9 Å². The van der Waals surface area contributed by atoms with Gasteiger partial charge in [0.05, 0.1) is 6.10 Å². The molecule has 0 bridgehead atoms. The molecule has 98 valence electrons. The Labute approximate surface area is 108 Å². The van der Waals surface area contributed by atoms with Crippen molar-refractivity contribution in [1.29, 1.82) is 0 Å². The molecule has 0 aromatic heterocycles. The Bertz CT molecular complexity index is 442. The molecule has 0 saturated carbocycles. The van der Waals surface area contributed by atoms with Crippen LogP contribution in [0.2, 0.25) is 0 Å².